The van der Waals surface area contributed by atoms with Gasteiger partial charge in [0, 0.05) is 25.5 Å². The van der Waals surface area contributed by atoms with Gasteiger partial charge in [0.2, 0.25) is 5.82 Å². The van der Waals surface area contributed by atoms with E-state index >= 15 is 0 Å². The van der Waals surface area contributed by atoms with E-state index in [-0.39, 0.29) is 35.6 Å². The number of rotatable bonds is 7. The van der Waals surface area contributed by atoms with Crippen molar-refractivity contribution >= 4 is 40.6 Å². The predicted molar refractivity (Wildman–Crippen MR) is 124 cm³/mol. The van der Waals surface area contributed by atoms with Gasteiger partial charge in [0.15, 0.2) is 5.65 Å². The summed E-state index contributed by atoms with van der Waals surface area (Å²) in [6.45, 7) is 0.177. The molecule has 0 bridgehead atoms. The number of nitrogens with one attached hydrogen (secondary N) is 2. The summed E-state index contributed by atoms with van der Waals surface area (Å²) >= 11 is 5.92. The summed E-state index contributed by atoms with van der Waals surface area (Å²) in [4.78, 5) is 25.2. The highest BCUT2D eigenvalue weighted by Gasteiger charge is 2.31. The first kappa shape index (κ1) is 24.1. The SMILES string of the molecule is O=c1c(N/N=C/c2ccc(F)cc2)nc2cccnc2n1CCNc1ncc(C(F)(F)F)cc1Cl. The zero-order valence-electron chi connectivity index (χ0n) is 17.7. The van der Waals surface area contributed by atoms with Crippen LogP contribution in [0.3, 0.4) is 0 Å². The maximum Gasteiger partial charge on any atom is 0.417 e. The van der Waals surface area contributed by atoms with Crippen molar-refractivity contribution in [3.63, 3.8) is 0 Å². The number of fused-ring (bicyclic) bond motifs is 1. The van der Waals surface area contributed by atoms with Crippen LogP contribution < -0.4 is 16.3 Å². The van der Waals surface area contributed by atoms with Gasteiger partial charge in [-0.1, -0.05) is 23.7 Å². The zero-order valence-corrected chi connectivity index (χ0v) is 18.5. The smallest absolute Gasteiger partial charge is 0.367 e. The van der Waals surface area contributed by atoms with Crippen LogP contribution in [0, 0.1) is 5.82 Å². The summed E-state index contributed by atoms with van der Waals surface area (Å²) in [5.74, 6) is -0.418. The minimum atomic E-state index is -4.56. The van der Waals surface area contributed by atoms with Crippen LogP contribution in [0.1, 0.15) is 11.1 Å². The molecule has 1 aromatic carbocycles. The Morgan fingerprint density at radius 3 is 2.60 bits per heavy atom. The Kier molecular flexibility index (Phi) is 6.92. The van der Waals surface area contributed by atoms with Crippen molar-refractivity contribution in [2.24, 2.45) is 5.10 Å². The molecule has 0 saturated heterocycles. The van der Waals surface area contributed by atoms with Crippen molar-refractivity contribution in [1.82, 2.24) is 19.5 Å². The van der Waals surface area contributed by atoms with Gasteiger partial charge in [0.1, 0.15) is 17.2 Å². The van der Waals surface area contributed by atoms with Gasteiger partial charge in [-0.25, -0.2) is 19.3 Å². The second kappa shape index (κ2) is 10.1. The fourth-order valence-electron chi connectivity index (χ4n) is 3.08. The average molecular weight is 506 g/mol. The molecule has 13 heteroatoms. The lowest BCUT2D eigenvalue weighted by atomic mass is 10.2. The quantitative estimate of drug-likeness (QED) is 0.217. The molecule has 0 fully saturated rings. The van der Waals surface area contributed by atoms with Crippen molar-refractivity contribution < 1.29 is 17.6 Å². The van der Waals surface area contributed by atoms with E-state index in [4.69, 9.17) is 11.6 Å². The number of aromatic nitrogens is 4. The zero-order chi connectivity index (χ0) is 25.0. The second-order valence-corrected chi connectivity index (χ2v) is 7.57. The van der Waals surface area contributed by atoms with Gasteiger partial charge in [0.05, 0.1) is 16.8 Å². The number of anilines is 2. The first-order valence-corrected chi connectivity index (χ1v) is 10.5. The minimum Gasteiger partial charge on any atom is -0.367 e. The Morgan fingerprint density at radius 1 is 1.11 bits per heavy atom. The lowest BCUT2D eigenvalue weighted by Gasteiger charge is -2.13. The molecule has 0 saturated carbocycles. The molecule has 0 amide bonds. The summed E-state index contributed by atoms with van der Waals surface area (Å²) < 4.78 is 52.8. The molecule has 0 unspecified atom stereocenters. The van der Waals surface area contributed by atoms with Crippen LogP contribution in [-0.4, -0.2) is 32.3 Å². The molecule has 2 N–H and O–H groups in total. The Labute approximate surface area is 200 Å². The Morgan fingerprint density at radius 2 is 1.89 bits per heavy atom. The first-order valence-electron chi connectivity index (χ1n) is 10.1. The highest BCUT2D eigenvalue weighted by atomic mass is 35.5. The molecule has 0 aliphatic carbocycles. The van der Waals surface area contributed by atoms with Gasteiger partial charge >= 0.3 is 6.18 Å². The normalized spacial score (nSPS) is 11.8. The monoisotopic (exact) mass is 505 g/mol. The van der Waals surface area contributed by atoms with Crippen molar-refractivity contribution in [1.29, 1.82) is 0 Å². The van der Waals surface area contributed by atoms with Crippen LogP contribution in [0.15, 0.2) is 64.8 Å². The number of hydrogen-bond donors (Lipinski definition) is 2. The minimum absolute atomic E-state index is 0.0429. The van der Waals surface area contributed by atoms with Gasteiger partial charge in [-0.2, -0.15) is 18.3 Å². The number of halogens is 5. The third kappa shape index (κ3) is 5.72. The van der Waals surface area contributed by atoms with Crippen LogP contribution in [0.25, 0.3) is 11.2 Å². The highest BCUT2D eigenvalue weighted by molar-refractivity contribution is 6.32. The fourth-order valence-corrected chi connectivity index (χ4v) is 3.32. The van der Waals surface area contributed by atoms with E-state index in [9.17, 15) is 22.4 Å². The van der Waals surface area contributed by atoms with Crippen molar-refractivity contribution in [3.05, 3.63) is 87.2 Å². The summed E-state index contributed by atoms with van der Waals surface area (Å²) in [6.07, 6.45) is -0.989. The van der Waals surface area contributed by atoms with Crippen molar-refractivity contribution in [2.45, 2.75) is 12.7 Å². The molecule has 4 aromatic rings. The number of pyridine rings is 2. The van der Waals surface area contributed by atoms with Gasteiger partial charge in [-0.15, -0.1) is 0 Å². The molecule has 3 aromatic heterocycles. The fraction of sp³-hybridized carbons (Fsp3) is 0.136. The molecular weight excluding hydrogens is 490 g/mol. The molecular formula is C22H16ClF4N7O. The average Bonchev–Trinajstić information content (AvgIpc) is 2.82. The van der Waals surface area contributed by atoms with E-state index < -0.39 is 17.3 Å². The number of hydrazone groups is 1. The number of benzene rings is 1. The van der Waals surface area contributed by atoms with E-state index in [1.54, 1.807) is 12.1 Å². The van der Waals surface area contributed by atoms with Gasteiger partial charge in [0.25, 0.3) is 5.56 Å². The maximum absolute atomic E-state index is 13.0. The third-order valence-electron chi connectivity index (χ3n) is 4.75. The molecule has 0 spiro atoms. The summed E-state index contributed by atoms with van der Waals surface area (Å²) in [6, 6.07) is 9.67. The lowest BCUT2D eigenvalue weighted by Crippen LogP contribution is -2.28. The molecule has 35 heavy (non-hydrogen) atoms. The Hall–Kier alpha value is -4.06. The van der Waals surface area contributed by atoms with Gasteiger partial charge in [-0.3, -0.25) is 14.8 Å². The molecule has 4 rings (SSSR count). The van der Waals surface area contributed by atoms with Crippen LogP contribution in [-0.2, 0) is 12.7 Å². The first-order chi connectivity index (χ1) is 16.7. The van der Waals surface area contributed by atoms with Crippen LogP contribution in [0.5, 0.6) is 0 Å². The predicted octanol–water partition coefficient (Wildman–Crippen LogP) is 4.56. The highest BCUT2D eigenvalue weighted by Crippen LogP contribution is 2.32. The largest absolute Gasteiger partial charge is 0.417 e. The number of alkyl halides is 3. The summed E-state index contributed by atoms with van der Waals surface area (Å²) in [5, 5.41) is 6.60. The van der Waals surface area contributed by atoms with Crippen molar-refractivity contribution in [3.8, 4) is 0 Å². The van der Waals surface area contributed by atoms with E-state index in [0.29, 0.717) is 22.9 Å². The molecule has 0 radical (unpaired) electrons. The van der Waals surface area contributed by atoms with Crippen LogP contribution in [0.4, 0.5) is 29.2 Å². The molecule has 180 valence electrons. The Bertz CT molecular complexity index is 1440. The summed E-state index contributed by atoms with van der Waals surface area (Å²) in [5.41, 5.74) is 2.42. The molecule has 3 heterocycles. The Balaban J connectivity index is 1.54. The molecule has 0 atom stereocenters. The number of nitrogens with zero attached hydrogens (tertiary/aromatic N) is 5. The van der Waals surface area contributed by atoms with E-state index in [2.05, 4.69) is 30.8 Å². The van der Waals surface area contributed by atoms with E-state index in [1.807, 2.05) is 0 Å². The third-order valence-corrected chi connectivity index (χ3v) is 5.04. The van der Waals surface area contributed by atoms with Gasteiger partial charge in [-0.05, 0) is 35.9 Å². The van der Waals surface area contributed by atoms with Crippen LogP contribution >= 0.6 is 11.6 Å². The van der Waals surface area contributed by atoms with Crippen LogP contribution in [0.2, 0.25) is 5.02 Å². The maximum atomic E-state index is 13.0. The topological polar surface area (TPSA) is 97.1 Å². The van der Waals surface area contributed by atoms with E-state index in [0.717, 1.165) is 6.07 Å². The van der Waals surface area contributed by atoms with E-state index in [1.165, 1.54) is 41.2 Å². The standard InChI is InChI=1S/C22H16ClF4N7O/c23-16-10-14(22(25,26)27)12-30-18(16)28-8-9-34-20-17(2-1-7-29-20)32-19(21(34)35)33-31-11-13-3-5-15(24)6-4-13/h1-7,10-12H,8-9H2,(H,28,30)(H,32,33)/b31-11+. The number of hydrogen-bond acceptors (Lipinski definition) is 7. The van der Waals surface area contributed by atoms with Gasteiger partial charge < -0.3 is 5.32 Å². The lowest BCUT2D eigenvalue weighted by molar-refractivity contribution is -0.137. The van der Waals surface area contributed by atoms with Crippen molar-refractivity contribution in [2.75, 3.05) is 17.3 Å². The summed E-state index contributed by atoms with van der Waals surface area (Å²) in [7, 11) is 0. The molecule has 0 aliphatic rings. The molecule has 8 nitrogen and oxygen atoms in total. The second-order valence-electron chi connectivity index (χ2n) is 7.16. The molecule has 0 aliphatic heterocycles.